The molecule has 176 valence electrons. The summed E-state index contributed by atoms with van der Waals surface area (Å²) in [5.41, 5.74) is 5.22. The maximum Gasteiger partial charge on any atom is 0.225 e. The van der Waals surface area contributed by atoms with E-state index >= 15 is 0 Å². The first-order valence-electron chi connectivity index (χ1n) is 12.3. The van der Waals surface area contributed by atoms with E-state index in [2.05, 4.69) is 70.7 Å². The van der Waals surface area contributed by atoms with Crippen molar-refractivity contribution in [1.29, 1.82) is 0 Å². The number of hydrogen-bond donors (Lipinski definition) is 1. The third-order valence-corrected chi connectivity index (χ3v) is 7.90. The molecule has 3 fully saturated rings. The summed E-state index contributed by atoms with van der Waals surface area (Å²) >= 11 is 0. The fourth-order valence-electron chi connectivity index (χ4n) is 5.34. The van der Waals surface area contributed by atoms with E-state index in [9.17, 15) is 0 Å². The van der Waals surface area contributed by atoms with Gasteiger partial charge in [0.25, 0.3) is 0 Å². The lowest BCUT2D eigenvalue weighted by Gasteiger charge is -2.48. The van der Waals surface area contributed by atoms with Crippen LogP contribution in [0.1, 0.15) is 35.2 Å². The molecule has 0 aliphatic carbocycles. The standard InChI is InChI=1S/C28H32N4O2/c1-21-2-4-22(5-3-21)28(19-33-20-28)23-6-8-25(9-7-23)34-16-24-10-13-30-26(31-24)32-14-11-27(12-15-32)17-29-18-27/h2-10,13,29H,11-12,14-20H2,1H3. The van der Waals surface area contributed by atoms with E-state index in [4.69, 9.17) is 14.5 Å². The van der Waals surface area contributed by atoms with Gasteiger partial charge in [-0.05, 0) is 54.5 Å². The molecule has 0 radical (unpaired) electrons. The van der Waals surface area contributed by atoms with Crippen LogP contribution in [0.25, 0.3) is 0 Å². The van der Waals surface area contributed by atoms with E-state index in [1.165, 1.54) is 29.5 Å². The Morgan fingerprint density at radius 2 is 1.62 bits per heavy atom. The van der Waals surface area contributed by atoms with Gasteiger partial charge in [0.1, 0.15) is 12.4 Å². The van der Waals surface area contributed by atoms with Gasteiger partial charge in [-0.1, -0.05) is 42.0 Å². The Morgan fingerprint density at radius 1 is 0.941 bits per heavy atom. The first-order chi connectivity index (χ1) is 16.6. The van der Waals surface area contributed by atoms with Crippen LogP contribution < -0.4 is 15.0 Å². The summed E-state index contributed by atoms with van der Waals surface area (Å²) in [5.74, 6) is 1.67. The largest absolute Gasteiger partial charge is 0.487 e. The lowest BCUT2D eigenvalue weighted by molar-refractivity contribution is -0.0380. The van der Waals surface area contributed by atoms with Crippen molar-refractivity contribution >= 4 is 5.95 Å². The van der Waals surface area contributed by atoms with Crippen molar-refractivity contribution in [2.45, 2.75) is 31.8 Å². The molecule has 6 heteroatoms. The van der Waals surface area contributed by atoms with Gasteiger partial charge in [0.15, 0.2) is 0 Å². The van der Waals surface area contributed by atoms with Crippen molar-refractivity contribution < 1.29 is 9.47 Å². The zero-order chi connectivity index (χ0) is 23.0. The van der Waals surface area contributed by atoms with E-state index in [1.54, 1.807) is 0 Å². The van der Waals surface area contributed by atoms with Gasteiger partial charge in [0.05, 0.1) is 24.3 Å². The Bertz CT molecular complexity index is 1130. The van der Waals surface area contributed by atoms with Gasteiger partial charge in [-0.25, -0.2) is 9.97 Å². The van der Waals surface area contributed by atoms with Gasteiger partial charge < -0.3 is 19.7 Å². The number of ether oxygens (including phenoxy) is 2. The van der Waals surface area contributed by atoms with Crippen molar-refractivity contribution in [3.63, 3.8) is 0 Å². The van der Waals surface area contributed by atoms with E-state index in [0.717, 1.165) is 43.6 Å². The van der Waals surface area contributed by atoms with E-state index < -0.39 is 0 Å². The molecule has 4 heterocycles. The maximum atomic E-state index is 6.09. The molecule has 34 heavy (non-hydrogen) atoms. The second-order valence-electron chi connectivity index (χ2n) is 10.2. The van der Waals surface area contributed by atoms with E-state index in [0.29, 0.717) is 25.2 Å². The third kappa shape index (κ3) is 3.95. The first-order valence-corrected chi connectivity index (χ1v) is 12.3. The normalized spacial score (nSPS) is 20.4. The first kappa shape index (κ1) is 21.6. The molecular formula is C28H32N4O2. The van der Waals surface area contributed by atoms with Crippen molar-refractivity contribution in [3.05, 3.63) is 83.2 Å². The Balaban J connectivity index is 1.10. The number of benzene rings is 2. The summed E-state index contributed by atoms with van der Waals surface area (Å²) in [6.45, 7) is 8.36. The third-order valence-electron chi connectivity index (χ3n) is 7.90. The van der Waals surface area contributed by atoms with Crippen LogP contribution in [0.15, 0.2) is 60.8 Å². The predicted molar refractivity (Wildman–Crippen MR) is 132 cm³/mol. The predicted octanol–water partition coefficient (Wildman–Crippen LogP) is 3.87. The molecule has 3 aromatic rings. The fourth-order valence-corrected chi connectivity index (χ4v) is 5.34. The highest BCUT2D eigenvalue weighted by Crippen LogP contribution is 2.40. The van der Waals surface area contributed by atoms with Crippen LogP contribution in [0.2, 0.25) is 0 Å². The molecule has 0 bridgehead atoms. The zero-order valence-electron chi connectivity index (χ0n) is 19.8. The number of aryl methyl sites for hydroxylation is 1. The van der Waals surface area contributed by atoms with E-state index in [1.807, 2.05) is 12.3 Å². The van der Waals surface area contributed by atoms with Gasteiger partial charge in [-0.2, -0.15) is 0 Å². The molecule has 2 aromatic carbocycles. The van der Waals surface area contributed by atoms with Crippen molar-refractivity contribution in [3.8, 4) is 5.75 Å². The lowest BCUT2D eigenvalue weighted by atomic mass is 9.73. The number of nitrogens with zero attached hydrogens (tertiary/aromatic N) is 3. The SMILES string of the molecule is Cc1ccc(C2(c3ccc(OCc4ccnc(N5CCC6(CC5)CNC6)n4)cc3)COC2)cc1. The van der Waals surface area contributed by atoms with Crippen LogP contribution in [0, 0.1) is 12.3 Å². The number of nitrogens with one attached hydrogen (secondary N) is 1. The van der Waals surface area contributed by atoms with Crippen LogP contribution in [-0.2, 0) is 16.8 Å². The van der Waals surface area contributed by atoms with Gasteiger partial charge in [-0.15, -0.1) is 0 Å². The average molecular weight is 457 g/mol. The minimum absolute atomic E-state index is 0.0592. The van der Waals surface area contributed by atoms with Crippen molar-refractivity contribution in [2.24, 2.45) is 5.41 Å². The molecule has 3 aliphatic rings. The molecule has 3 saturated heterocycles. The van der Waals surface area contributed by atoms with Gasteiger partial charge >= 0.3 is 0 Å². The fraction of sp³-hybridized carbons (Fsp3) is 0.429. The number of hydrogen-bond acceptors (Lipinski definition) is 6. The summed E-state index contributed by atoms with van der Waals surface area (Å²) in [7, 11) is 0. The van der Waals surface area contributed by atoms with Gasteiger partial charge in [-0.3, -0.25) is 0 Å². The van der Waals surface area contributed by atoms with Gasteiger partial charge in [0.2, 0.25) is 5.95 Å². The Kier molecular flexibility index (Phi) is 5.50. The summed E-state index contributed by atoms with van der Waals surface area (Å²) in [6.07, 6.45) is 4.28. The summed E-state index contributed by atoms with van der Waals surface area (Å²) in [5, 5.41) is 3.42. The lowest BCUT2D eigenvalue weighted by Crippen LogP contribution is -2.58. The summed E-state index contributed by atoms with van der Waals surface area (Å²) < 4.78 is 11.7. The maximum absolute atomic E-state index is 6.09. The number of piperidine rings is 1. The number of aromatic nitrogens is 2. The molecule has 3 aliphatic heterocycles. The molecule has 0 amide bonds. The van der Waals surface area contributed by atoms with Gasteiger partial charge in [0, 0.05) is 32.4 Å². The second kappa shape index (κ2) is 8.67. The minimum Gasteiger partial charge on any atom is -0.487 e. The van der Waals surface area contributed by atoms with Crippen LogP contribution >= 0.6 is 0 Å². The molecule has 1 spiro atoms. The highest BCUT2D eigenvalue weighted by atomic mass is 16.5. The summed E-state index contributed by atoms with van der Waals surface area (Å²) in [4.78, 5) is 11.6. The molecule has 0 saturated carbocycles. The number of rotatable bonds is 6. The monoisotopic (exact) mass is 456 g/mol. The quantitative estimate of drug-likeness (QED) is 0.608. The molecule has 1 aromatic heterocycles. The number of anilines is 1. The minimum atomic E-state index is -0.0592. The second-order valence-corrected chi connectivity index (χ2v) is 10.2. The van der Waals surface area contributed by atoms with Crippen LogP contribution in [-0.4, -0.2) is 49.4 Å². The van der Waals surface area contributed by atoms with E-state index in [-0.39, 0.29) is 5.41 Å². The average Bonchev–Trinajstić information content (AvgIpc) is 2.83. The van der Waals surface area contributed by atoms with Crippen LogP contribution in [0.5, 0.6) is 5.75 Å². The molecular weight excluding hydrogens is 424 g/mol. The molecule has 0 atom stereocenters. The molecule has 1 N–H and O–H groups in total. The van der Waals surface area contributed by atoms with Crippen LogP contribution in [0.4, 0.5) is 5.95 Å². The topological polar surface area (TPSA) is 59.5 Å². The Morgan fingerprint density at radius 3 is 2.21 bits per heavy atom. The molecule has 6 rings (SSSR count). The Labute approximate surface area is 201 Å². The molecule has 6 nitrogen and oxygen atoms in total. The Hall–Kier alpha value is -2.96. The van der Waals surface area contributed by atoms with Crippen molar-refractivity contribution in [1.82, 2.24) is 15.3 Å². The zero-order valence-corrected chi connectivity index (χ0v) is 19.8. The summed E-state index contributed by atoms with van der Waals surface area (Å²) in [6, 6.07) is 19.2. The highest BCUT2D eigenvalue weighted by Gasteiger charge is 2.42. The molecule has 0 unspecified atom stereocenters. The van der Waals surface area contributed by atoms with Crippen molar-refractivity contribution in [2.75, 3.05) is 44.3 Å². The van der Waals surface area contributed by atoms with Crippen LogP contribution in [0.3, 0.4) is 0 Å². The smallest absolute Gasteiger partial charge is 0.225 e. The highest BCUT2D eigenvalue weighted by molar-refractivity contribution is 5.44.